The van der Waals surface area contributed by atoms with Crippen molar-refractivity contribution in [2.45, 2.75) is 12.5 Å². The van der Waals surface area contributed by atoms with Crippen molar-refractivity contribution >= 4 is 5.91 Å². The quantitative estimate of drug-likeness (QED) is 0.857. The van der Waals surface area contributed by atoms with Gasteiger partial charge in [-0.3, -0.25) is 4.79 Å². The molecule has 3 rings (SSSR count). The number of nitrogens with zero attached hydrogens (tertiary/aromatic N) is 4. The van der Waals surface area contributed by atoms with Crippen LogP contribution in [0.2, 0.25) is 0 Å². The van der Waals surface area contributed by atoms with E-state index < -0.39 is 0 Å². The van der Waals surface area contributed by atoms with E-state index in [0.29, 0.717) is 18.8 Å². The number of benzene rings is 1. The summed E-state index contributed by atoms with van der Waals surface area (Å²) in [5.74, 6) is -0.200. The molecule has 1 aliphatic rings. The number of likely N-dealkylation sites (tertiary alicyclic amines) is 1. The second-order valence-corrected chi connectivity index (χ2v) is 5.01. The van der Waals surface area contributed by atoms with Gasteiger partial charge in [-0.15, -0.1) is 0 Å². The first kappa shape index (κ1) is 13.2. The van der Waals surface area contributed by atoms with Crippen LogP contribution in [0.15, 0.2) is 42.9 Å². The minimum atomic E-state index is -0.200. The van der Waals surface area contributed by atoms with Gasteiger partial charge < -0.3 is 14.8 Å². The Bertz CT molecular complexity index is 673. The van der Waals surface area contributed by atoms with E-state index in [2.05, 4.69) is 16.5 Å². The zero-order valence-electron chi connectivity index (χ0n) is 11.4. The molecule has 21 heavy (non-hydrogen) atoms. The summed E-state index contributed by atoms with van der Waals surface area (Å²) in [7, 11) is 0. The molecule has 0 aliphatic carbocycles. The molecule has 6 nitrogen and oxygen atoms in total. The molecule has 0 spiro atoms. The topological polar surface area (TPSA) is 74.0 Å². The van der Waals surface area contributed by atoms with Crippen LogP contribution in [-0.2, 0) is 0 Å². The summed E-state index contributed by atoms with van der Waals surface area (Å²) in [6.45, 7) is 1.27. The number of carbonyl (C=O) groups is 1. The number of hydrogen-bond acceptors (Lipinski definition) is 4. The highest BCUT2D eigenvalue weighted by molar-refractivity contribution is 5.92. The molecule has 2 aromatic rings. The standard InChI is InChI=1S/C15H15N5O/c16-10-19-7-6-12(8-19)18-15(21)14-9-20(11-17-14)13-4-2-1-3-5-13/h1-5,9,11-12H,6-8H2,(H,18,21)/t12-/m1/s1. The zero-order valence-corrected chi connectivity index (χ0v) is 11.4. The van der Waals surface area contributed by atoms with Gasteiger partial charge in [-0.25, -0.2) is 4.98 Å². The molecule has 1 aromatic carbocycles. The minimum absolute atomic E-state index is 0.0130. The molecule has 106 valence electrons. The van der Waals surface area contributed by atoms with Gasteiger partial charge in [0.2, 0.25) is 0 Å². The summed E-state index contributed by atoms with van der Waals surface area (Å²) in [4.78, 5) is 17.9. The summed E-state index contributed by atoms with van der Waals surface area (Å²) in [6.07, 6.45) is 6.22. The van der Waals surface area contributed by atoms with Crippen molar-refractivity contribution in [2.75, 3.05) is 13.1 Å². The average molecular weight is 281 g/mol. The molecular formula is C15H15N5O. The van der Waals surface area contributed by atoms with Gasteiger partial charge in [0.15, 0.2) is 6.19 Å². The first-order valence-corrected chi connectivity index (χ1v) is 6.81. The van der Waals surface area contributed by atoms with Crippen molar-refractivity contribution in [3.05, 3.63) is 48.5 Å². The number of nitriles is 1. The van der Waals surface area contributed by atoms with Gasteiger partial charge in [-0.1, -0.05) is 18.2 Å². The van der Waals surface area contributed by atoms with Gasteiger partial charge in [0, 0.05) is 31.0 Å². The average Bonchev–Trinajstić information content (AvgIpc) is 3.17. The lowest BCUT2D eigenvalue weighted by Crippen LogP contribution is -2.36. The maximum Gasteiger partial charge on any atom is 0.271 e. The predicted molar refractivity (Wildman–Crippen MR) is 76.6 cm³/mol. The van der Waals surface area contributed by atoms with E-state index in [1.54, 1.807) is 17.4 Å². The largest absolute Gasteiger partial charge is 0.346 e. The zero-order chi connectivity index (χ0) is 14.7. The number of amides is 1. The number of para-hydroxylation sites is 1. The summed E-state index contributed by atoms with van der Waals surface area (Å²) in [5.41, 5.74) is 1.34. The van der Waals surface area contributed by atoms with Crippen LogP contribution in [0.25, 0.3) is 5.69 Å². The molecule has 0 radical (unpaired) electrons. The fraction of sp³-hybridized carbons (Fsp3) is 0.267. The number of rotatable bonds is 3. The molecule has 2 heterocycles. The SMILES string of the molecule is N#CN1CC[C@@H](NC(=O)c2cn(-c3ccccc3)cn2)C1. The Kier molecular flexibility index (Phi) is 3.56. The van der Waals surface area contributed by atoms with Crippen LogP contribution in [0, 0.1) is 11.5 Å². The third-order valence-electron chi connectivity index (χ3n) is 3.53. The molecule has 1 fully saturated rings. The van der Waals surface area contributed by atoms with E-state index in [0.717, 1.165) is 12.1 Å². The predicted octanol–water partition coefficient (Wildman–Crippen LogP) is 1.16. The lowest BCUT2D eigenvalue weighted by molar-refractivity contribution is 0.0934. The van der Waals surface area contributed by atoms with Crippen molar-refractivity contribution in [3.8, 4) is 11.9 Å². The van der Waals surface area contributed by atoms with Gasteiger partial charge in [-0.2, -0.15) is 5.26 Å². The highest BCUT2D eigenvalue weighted by Crippen LogP contribution is 2.10. The molecule has 1 saturated heterocycles. The first-order chi connectivity index (χ1) is 10.3. The van der Waals surface area contributed by atoms with Crippen LogP contribution in [0.5, 0.6) is 0 Å². The summed E-state index contributed by atoms with van der Waals surface area (Å²) in [6, 6.07) is 9.72. The molecular weight excluding hydrogens is 266 g/mol. The monoisotopic (exact) mass is 281 g/mol. The van der Waals surface area contributed by atoms with Crippen LogP contribution < -0.4 is 5.32 Å². The van der Waals surface area contributed by atoms with Crippen molar-refractivity contribution in [1.82, 2.24) is 19.8 Å². The molecule has 1 amide bonds. The highest BCUT2D eigenvalue weighted by atomic mass is 16.2. The third-order valence-corrected chi connectivity index (χ3v) is 3.53. The molecule has 1 aromatic heterocycles. The van der Waals surface area contributed by atoms with Gasteiger partial charge in [0.25, 0.3) is 5.91 Å². The van der Waals surface area contributed by atoms with Gasteiger partial charge in [-0.05, 0) is 18.6 Å². The Labute approximate surface area is 122 Å². The van der Waals surface area contributed by atoms with Crippen molar-refractivity contribution in [3.63, 3.8) is 0 Å². The van der Waals surface area contributed by atoms with Gasteiger partial charge in [0.05, 0.1) is 0 Å². The maximum atomic E-state index is 12.2. The molecule has 0 saturated carbocycles. The summed E-state index contributed by atoms with van der Waals surface area (Å²) in [5, 5.41) is 11.7. The number of carbonyl (C=O) groups excluding carboxylic acids is 1. The molecule has 1 atom stereocenters. The maximum absolute atomic E-state index is 12.2. The van der Waals surface area contributed by atoms with E-state index >= 15 is 0 Å². The second-order valence-electron chi connectivity index (χ2n) is 5.01. The van der Waals surface area contributed by atoms with Crippen LogP contribution in [-0.4, -0.2) is 39.5 Å². The van der Waals surface area contributed by atoms with Crippen molar-refractivity contribution in [1.29, 1.82) is 5.26 Å². The van der Waals surface area contributed by atoms with E-state index in [9.17, 15) is 4.79 Å². The number of aromatic nitrogens is 2. The fourth-order valence-corrected chi connectivity index (χ4v) is 2.41. The van der Waals surface area contributed by atoms with Crippen molar-refractivity contribution < 1.29 is 4.79 Å². The van der Waals surface area contributed by atoms with E-state index in [-0.39, 0.29) is 11.9 Å². The minimum Gasteiger partial charge on any atom is -0.346 e. The van der Waals surface area contributed by atoms with Crippen LogP contribution in [0.3, 0.4) is 0 Å². The Balaban J connectivity index is 1.67. The molecule has 1 aliphatic heterocycles. The first-order valence-electron chi connectivity index (χ1n) is 6.81. The molecule has 0 bridgehead atoms. The van der Waals surface area contributed by atoms with E-state index in [4.69, 9.17) is 5.26 Å². The number of imidazole rings is 1. The lowest BCUT2D eigenvalue weighted by Gasteiger charge is -2.10. The van der Waals surface area contributed by atoms with Crippen LogP contribution >= 0.6 is 0 Å². The van der Waals surface area contributed by atoms with Crippen LogP contribution in [0.4, 0.5) is 0 Å². The van der Waals surface area contributed by atoms with E-state index in [1.165, 1.54) is 0 Å². The third kappa shape index (κ3) is 2.87. The molecule has 0 unspecified atom stereocenters. The highest BCUT2D eigenvalue weighted by Gasteiger charge is 2.24. The van der Waals surface area contributed by atoms with Gasteiger partial charge in [0.1, 0.15) is 12.0 Å². The Morgan fingerprint density at radius 3 is 2.90 bits per heavy atom. The normalized spacial score (nSPS) is 17.5. The van der Waals surface area contributed by atoms with Gasteiger partial charge >= 0.3 is 0 Å². The molecule has 6 heteroatoms. The lowest BCUT2D eigenvalue weighted by atomic mass is 10.2. The van der Waals surface area contributed by atoms with Crippen molar-refractivity contribution in [2.24, 2.45) is 0 Å². The number of nitrogens with one attached hydrogen (secondary N) is 1. The van der Waals surface area contributed by atoms with Crippen LogP contribution in [0.1, 0.15) is 16.9 Å². The number of hydrogen-bond donors (Lipinski definition) is 1. The summed E-state index contributed by atoms with van der Waals surface area (Å²) < 4.78 is 1.81. The fourth-order valence-electron chi connectivity index (χ4n) is 2.41. The second kappa shape index (κ2) is 5.67. The Morgan fingerprint density at radius 1 is 1.38 bits per heavy atom. The molecule has 1 N–H and O–H groups in total. The van der Waals surface area contributed by atoms with E-state index in [1.807, 2.05) is 34.9 Å². The summed E-state index contributed by atoms with van der Waals surface area (Å²) >= 11 is 0. The Morgan fingerprint density at radius 2 is 2.19 bits per heavy atom. The Hall–Kier alpha value is -2.81. The smallest absolute Gasteiger partial charge is 0.271 e.